The van der Waals surface area contributed by atoms with Gasteiger partial charge in [0.1, 0.15) is 0 Å². The lowest BCUT2D eigenvalue weighted by atomic mass is 10.0. The fourth-order valence-electron chi connectivity index (χ4n) is 2.91. The molecular weight excluding hydrogens is 286 g/mol. The number of hydrogen-bond acceptors (Lipinski definition) is 2. The van der Waals surface area contributed by atoms with Gasteiger partial charge in [-0.15, -0.1) is 0 Å². The number of hydrogen-bond donors (Lipinski definition) is 0. The van der Waals surface area contributed by atoms with Crippen molar-refractivity contribution in [3.8, 4) is 0 Å². The van der Waals surface area contributed by atoms with Crippen molar-refractivity contribution in [3.05, 3.63) is 65.2 Å². The highest BCUT2D eigenvalue weighted by Gasteiger charge is 2.26. The number of benzene rings is 2. The van der Waals surface area contributed by atoms with Gasteiger partial charge in [-0.05, 0) is 43.5 Å². The molecule has 0 aliphatic heterocycles. The molecule has 1 atom stereocenters. The van der Waals surface area contributed by atoms with Crippen molar-refractivity contribution >= 4 is 11.6 Å². The minimum Gasteiger partial charge on any atom is -0.383 e. The zero-order chi connectivity index (χ0) is 16.8. The first-order valence-electron chi connectivity index (χ1n) is 8.06. The number of para-hydroxylation sites is 1. The van der Waals surface area contributed by atoms with E-state index in [4.69, 9.17) is 4.74 Å². The van der Waals surface area contributed by atoms with Gasteiger partial charge in [0, 0.05) is 12.7 Å². The molecule has 3 heteroatoms. The second-order valence-electron chi connectivity index (χ2n) is 5.78. The number of carbonyl (C=O) groups excluding carboxylic acids is 1. The summed E-state index contributed by atoms with van der Waals surface area (Å²) in [5.41, 5.74) is 3.99. The number of rotatable bonds is 6. The zero-order valence-corrected chi connectivity index (χ0v) is 14.4. The molecule has 0 fully saturated rings. The van der Waals surface area contributed by atoms with E-state index in [0.717, 1.165) is 17.7 Å². The third kappa shape index (κ3) is 3.80. The monoisotopic (exact) mass is 311 g/mol. The fraction of sp³-hybridized carbons (Fsp3) is 0.350. The van der Waals surface area contributed by atoms with Gasteiger partial charge in [-0.1, -0.05) is 43.3 Å². The van der Waals surface area contributed by atoms with E-state index in [1.54, 1.807) is 7.11 Å². The first-order valence-corrected chi connectivity index (χ1v) is 8.06. The normalized spacial score (nSPS) is 12.0. The van der Waals surface area contributed by atoms with Crippen LogP contribution in [-0.4, -0.2) is 25.7 Å². The number of anilines is 1. The third-order valence-electron chi connectivity index (χ3n) is 4.03. The van der Waals surface area contributed by atoms with Crippen molar-refractivity contribution in [1.82, 2.24) is 0 Å². The lowest BCUT2D eigenvalue weighted by molar-refractivity contribution is 0.0955. The molecule has 0 aliphatic carbocycles. The Morgan fingerprint density at radius 3 is 2.43 bits per heavy atom. The van der Waals surface area contributed by atoms with Crippen LogP contribution in [0.15, 0.2) is 48.5 Å². The molecule has 0 spiro atoms. The Morgan fingerprint density at radius 2 is 1.83 bits per heavy atom. The zero-order valence-electron chi connectivity index (χ0n) is 14.4. The molecule has 0 aromatic heterocycles. The maximum absolute atomic E-state index is 13.2. The van der Waals surface area contributed by atoms with E-state index in [2.05, 4.69) is 26.0 Å². The Bertz CT molecular complexity index is 652. The van der Waals surface area contributed by atoms with Gasteiger partial charge < -0.3 is 9.64 Å². The smallest absolute Gasteiger partial charge is 0.258 e. The first kappa shape index (κ1) is 17.2. The molecule has 1 amide bonds. The molecule has 0 saturated heterocycles. The van der Waals surface area contributed by atoms with E-state index in [-0.39, 0.29) is 11.9 Å². The molecule has 0 radical (unpaired) electrons. The van der Waals surface area contributed by atoms with Crippen molar-refractivity contribution in [3.63, 3.8) is 0 Å². The van der Waals surface area contributed by atoms with Gasteiger partial charge in [0.2, 0.25) is 0 Å². The molecule has 0 N–H and O–H groups in total. The van der Waals surface area contributed by atoms with E-state index in [9.17, 15) is 4.79 Å². The summed E-state index contributed by atoms with van der Waals surface area (Å²) in [6.45, 7) is 6.69. The highest BCUT2D eigenvalue weighted by molar-refractivity contribution is 6.07. The molecule has 3 nitrogen and oxygen atoms in total. The molecular formula is C20H25NO2. The van der Waals surface area contributed by atoms with Crippen LogP contribution in [0, 0.1) is 6.92 Å². The summed E-state index contributed by atoms with van der Waals surface area (Å²) in [5.74, 6) is 0.0131. The Kier molecular flexibility index (Phi) is 5.94. The maximum Gasteiger partial charge on any atom is 0.258 e. The van der Waals surface area contributed by atoms with Crippen molar-refractivity contribution in [2.45, 2.75) is 33.2 Å². The van der Waals surface area contributed by atoms with E-state index in [1.165, 1.54) is 5.56 Å². The fourth-order valence-corrected chi connectivity index (χ4v) is 2.91. The predicted molar refractivity (Wildman–Crippen MR) is 95.1 cm³/mol. The molecule has 0 aliphatic rings. The van der Waals surface area contributed by atoms with Crippen LogP contribution in [0.3, 0.4) is 0 Å². The van der Waals surface area contributed by atoms with Crippen LogP contribution in [0.25, 0.3) is 0 Å². The van der Waals surface area contributed by atoms with E-state index < -0.39 is 0 Å². The summed E-state index contributed by atoms with van der Waals surface area (Å²) >= 11 is 0. The molecule has 0 heterocycles. The number of nitrogens with zero attached hydrogens (tertiary/aromatic N) is 1. The standard InChI is InChI=1S/C20H25NO2/c1-5-17-13-9-10-15(2)19(17)21(16(3)14-23-4)20(22)18-11-7-6-8-12-18/h6-13,16H,5,14H2,1-4H3. The van der Waals surface area contributed by atoms with Crippen LogP contribution in [0.4, 0.5) is 5.69 Å². The van der Waals surface area contributed by atoms with Gasteiger partial charge in [-0.25, -0.2) is 0 Å². The summed E-state index contributed by atoms with van der Waals surface area (Å²) in [7, 11) is 1.67. The van der Waals surface area contributed by atoms with Gasteiger partial charge in [-0.3, -0.25) is 4.79 Å². The number of carbonyl (C=O) groups is 1. The average Bonchev–Trinajstić information content (AvgIpc) is 2.57. The molecule has 23 heavy (non-hydrogen) atoms. The van der Waals surface area contributed by atoms with Gasteiger partial charge >= 0.3 is 0 Å². The topological polar surface area (TPSA) is 29.5 Å². The minimum absolute atomic E-state index is 0.0131. The Labute approximate surface area is 138 Å². The second-order valence-corrected chi connectivity index (χ2v) is 5.78. The van der Waals surface area contributed by atoms with Gasteiger partial charge in [0.25, 0.3) is 5.91 Å². The molecule has 1 unspecified atom stereocenters. The SMILES string of the molecule is CCc1cccc(C)c1N(C(=O)c1ccccc1)C(C)COC. The van der Waals surface area contributed by atoms with Crippen LogP contribution >= 0.6 is 0 Å². The van der Waals surface area contributed by atoms with E-state index in [0.29, 0.717) is 12.2 Å². The quantitative estimate of drug-likeness (QED) is 0.798. The molecule has 122 valence electrons. The van der Waals surface area contributed by atoms with Gasteiger partial charge in [0.05, 0.1) is 18.3 Å². The van der Waals surface area contributed by atoms with Crippen LogP contribution in [0.5, 0.6) is 0 Å². The number of aryl methyl sites for hydroxylation is 2. The van der Waals surface area contributed by atoms with Crippen molar-refractivity contribution in [1.29, 1.82) is 0 Å². The maximum atomic E-state index is 13.2. The molecule has 2 rings (SSSR count). The molecule has 2 aromatic carbocycles. The number of ether oxygens (including phenoxy) is 1. The van der Waals surface area contributed by atoms with Crippen LogP contribution in [0.2, 0.25) is 0 Å². The molecule has 2 aromatic rings. The van der Waals surface area contributed by atoms with Crippen molar-refractivity contribution < 1.29 is 9.53 Å². The molecule has 0 saturated carbocycles. The summed E-state index contributed by atoms with van der Waals surface area (Å²) in [6, 6.07) is 15.6. The predicted octanol–water partition coefficient (Wildman–Crippen LogP) is 4.24. The highest BCUT2D eigenvalue weighted by Crippen LogP contribution is 2.29. The van der Waals surface area contributed by atoms with Crippen molar-refractivity contribution in [2.24, 2.45) is 0 Å². The number of methoxy groups -OCH3 is 1. The Hall–Kier alpha value is -2.13. The lowest BCUT2D eigenvalue weighted by Crippen LogP contribution is -2.42. The summed E-state index contributed by atoms with van der Waals surface area (Å²) in [6.07, 6.45) is 0.884. The number of amides is 1. The Balaban J connectivity index is 2.53. The minimum atomic E-state index is -0.0425. The first-order chi connectivity index (χ1) is 11.1. The van der Waals surface area contributed by atoms with Gasteiger partial charge in [-0.2, -0.15) is 0 Å². The van der Waals surface area contributed by atoms with Crippen LogP contribution in [-0.2, 0) is 11.2 Å². The summed E-state index contributed by atoms with van der Waals surface area (Å²) in [5, 5.41) is 0. The Morgan fingerprint density at radius 1 is 1.13 bits per heavy atom. The van der Waals surface area contributed by atoms with E-state index >= 15 is 0 Å². The largest absolute Gasteiger partial charge is 0.383 e. The molecule has 0 bridgehead atoms. The third-order valence-corrected chi connectivity index (χ3v) is 4.03. The van der Waals surface area contributed by atoms with E-state index in [1.807, 2.05) is 48.2 Å². The van der Waals surface area contributed by atoms with Crippen LogP contribution in [0.1, 0.15) is 35.3 Å². The second kappa shape index (κ2) is 7.93. The van der Waals surface area contributed by atoms with Crippen molar-refractivity contribution in [2.75, 3.05) is 18.6 Å². The summed E-state index contributed by atoms with van der Waals surface area (Å²) < 4.78 is 5.31. The van der Waals surface area contributed by atoms with Crippen LogP contribution < -0.4 is 4.90 Å². The average molecular weight is 311 g/mol. The highest BCUT2D eigenvalue weighted by atomic mass is 16.5. The lowest BCUT2D eigenvalue weighted by Gasteiger charge is -2.32. The van der Waals surface area contributed by atoms with Gasteiger partial charge in [0.15, 0.2) is 0 Å². The summed E-state index contributed by atoms with van der Waals surface area (Å²) in [4.78, 5) is 15.0.